The highest BCUT2D eigenvalue weighted by Crippen LogP contribution is 2.32. The fraction of sp³-hybridized carbons (Fsp3) is 0.268. The van der Waals surface area contributed by atoms with Crippen molar-refractivity contribution in [3.8, 4) is 0 Å². The zero-order valence-electron chi connectivity index (χ0n) is 26.1. The quantitative estimate of drug-likeness (QED) is 0.120. The first-order chi connectivity index (χ1) is 22.8. The van der Waals surface area contributed by atoms with Gasteiger partial charge in [0.25, 0.3) is 0 Å². The van der Waals surface area contributed by atoms with Crippen molar-refractivity contribution < 1.29 is 23.7 Å². The van der Waals surface area contributed by atoms with Crippen molar-refractivity contribution in [2.75, 3.05) is 6.61 Å². The topological polar surface area (TPSA) is 46.2 Å². The van der Waals surface area contributed by atoms with E-state index in [9.17, 15) is 0 Å². The first-order valence-corrected chi connectivity index (χ1v) is 16.1. The fourth-order valence-corrected chi connectivity index (χ4v) is 5.90. The summed E-state index contributed by atoms with van der Waals surface area (Å²) in [5, 5.41) is 0. The molecule has 0 amide bonds. The van der Waals surface area contributed by atoms with Crippen LogP contribution in [0.15, 0.2) is 152 Å². The molecule has 1 heterocycles. The van der Waals surface area contributed by atoms with E-state index in [1.54, 1.807) is 0 Å². The van der Waals surface area contributed by atoms with Crippen molar-refractivity contribution in [3.63, 3.8) is 0 Å². The smallest absolute Gasteiger partial charge is 0.115 e. The lowest BCUT2D eigenvalue weighted by atomic mass is 9.90. The highest BCUT2D eigenvalue weighted by molar-refractivity contribution is 5.19. The van der Waals surface area contributed by atoms with Gasteiger partial charge in [-0.2, -0.15) is 0 Å². The van der Waals surface area contributed by atoms with Gasteiger partial charge in [0.2, 0.25) is 0 Å². The minimum absolute atomic E-state index is 0.284. The van der Waals surface area contributed by atoms with Crippen molar-refractivity contribution in [1.82, 2.24) is 0 Å². The van der Waals surface area contributed by atoms with Crippen LogP contribution in [-0.4, -0.2) is 37.1 Å². The Labute approximate surface area is 272 Å². The lowest BCUT2D eigenvalue weighted by molar-refractivity contribution is -0.272. The predicted octanol–water partition coefficient (Wildman–Crippen LogP) is 7.97. The van der Waals surface area contributed by atoms with Gasteiger partial charge in [0, 0.05) is 6.42 Å². The van der Waals surface area contributed by atoms with Gasteiger partial charge >= 0.3 is 0 Å². The molecule has 5 atom stereocenters. The summed E-state index contributed by atoms with van der Waals surface area (Å²) in [4.78, 5) is 0. The molecule has 0 spiro atoms. The second-order valence-corrected chi connectivity index (χ2v) is 11.7. The van der Waals surface area contributed by atoms with Gasteiger partial charge in [-0.1, -0.05) is 152 Å². The summed E-state index contributed by atoms with van der Waals surface area (Å²) in [6, 6.07) is 51.4. The zero-order chi connectivity index (χ0) is 31.2. The van der Waals surface area contributed by atoms with E-state index in [1.807, 2.05) is 78.9 Å². The number of ether oxygens (including phenoxy) is 5. The van der Waals surface area contributed by atoms with Crippen molar-refractivity contribution in [3.05, 3.63) is 179 Å². The number of benzene rings is 5. The van der Waals surface area contributed by atoms with E-state index in [1.165, 1.54) is 5.56 Å². The van der Waals surface area contributed by atoms with Crippen LogP contribution in [-0.2, 0) is 56.5 Å². The van der Waals surface area contributed by atoms with E-state index in [2.05, 4.69) is 72.8 Å². The van der Waals surface area contributed by atoms with Crippen molar-refractivity contribution in [1.29, 1.82) is 0 Å². The van der Waals surface area contributed by atoms with Gasteiger partial charge in [0.1, 0.15) is 24.4 Å². The monoisotopic (exact) mass is 614 g/mol. The average molecular weight is 615 g/mol. The van der Waals surface area contributed by atoms with Crippen LogP contribution in [0.3, 0.4) is 0 Å². The molecule has 5 aromatic carbocycles. The number of rotatable bonds is 15. The summed E-state index contributed by atoms with van der Waals surface area (Å²) in [7, 11) is 0. The molecular weight excluding hydrogens is 572 g/mol. The molecule has 6 rings (SSSR count). The highest BCUT2D eigenvalue weighted by Gasteiger charge is 2.48. The molecule has 0 saturated carbocycles. The van der Waals surface area contributed by atoms with Gasteiger partial charge < -0.3 is 23.7 Å². The maximum atomic E-state index is 6.96. The Morgan fingerprint density at radius 3 is 1.15 bits per heavy atom. The van der Waals surface area contributed by atoms with Crippen LogP contribution in [0.1, 0.15) is 27.8 Å². The first-order valence-electron chi connectivity index (χ1n) is 16.1. The fourth-order valence-electron chi connectivity index (χ4n) is 5.90. The van der Waals surface area contributed by atoms with Crippen LogP contribution in [0.25, 0.3) is 0 Å². The second kappa shape index (κ2) is 17.0. The third kappa shape index (κ3) is 9.23. The summed E-state index contributed by atoms with van der Waals surface area (Å²) in [5.41, 5.74) is 5.56. The highest BCUT2D eigenvalue weighted by atomic mass is 16.6. The normalized spacial score (nSPS) is 21.2. The van der Waals surface area contributed by atoms with Crippen LogP contribution < -0.4 is 0 Å². The van der Waals surface area contributed by atoms with E-state index >= 15 is 0 Å². The molecule has 236 valence electrons. The summed E-state index contributed by atoms with van der Waals surface area (Å²) in [6.07, 6.45) is -1.23. The average Bonchev–Trinajstić information content (AvgIpc) is 3.12. The van der Waals surface area contributed by atoms with Gasteiger partial charge in [0.05, 0.1) is 39.1 Å². The molecule has 0 aromatic heterocycles. The van der Waals surface area contributed by atoms with E-state index in [0.717, 1.165) is 22.3 Å². The Bertz CT molecular complexity index is 1530. The molecule has 1 aliphatic rings. The van der Waals surface area contributed by atoms with E-state index in [0.29, 0.717) is 39.5 Å². The van der Waals surface area contributed by atoms with Crippen LogP contribution >= 0.6 is 0 Å². The molecule has 1 aliphatic heterocycles. The Hall–Kier alpha value is -4.10. The largest absolute Gasteiger partial charge is 0.374 e. The Morgan fingerprint density at radius 1 is 0.370 bits per heavy atom. The lowest BCUT2D eigenvalue weighted by Gasteiger charge is -2.46. The van der Waals surface area contributed by atoms with E-state index in [4.69, 9.17) is 23.7 Å². The van der Waals surface area contributed by atoms with Gasteiger partial charge in [0.15, 0.2) is 0 Å². The number of hydrogen-bond donors (Lipinski definition) is 0. The van der Waals surface area contributed by atoms with E-state index < -0.39 is 18.3 Å². The Kier molecular flexibility index (Phi) is 11.8. The zero-order valence-corrected chi connectivity index (χ0v) is 26.1. The molecule has 5 aromatic rings. The van der Waals surface area contributed by atoms with Crippen LogP contribution in [0.5, 0.6) is 0 Å². The Balaban J connectivity index is 1.31. The maximum Gasteiger partial charge on any atom is 0.115 e. The third-order valence-corrected chi connectivity index (χ3v) is 8.26. The molecule has 0 N–H and O–H groups in total. The molecule has 5 heteroatoms. The minimum Gasteiger partial charge on any atom is -0.374 e. The lowest BCUT2D eigenvalue weighted by Crippen LogP contribution is -2.61. The van der Waals surface area contributed by atoms with Crippen molar-refractivity contribution >= 4 is 0 Å². The molecule has 1 fully saturated rings. The SMILES string of the molecule is c1ccc(COCC2OC(Cc3ccccc3)C(OCc3ccccc3)C(OCc3ccccc3)C2OCc2ccccc2)cc1. The predicted molar refractivity (Wildman–Crippen MR) is 180 cm³/mol. The standard InChI is InChI=1S/C41H42O5/c1-6-16-32(17-7-1)26-37-39(43-28-34-20-10-3-11-21-34)41(45-30-36-24-14-5-15-25-36)40(44-29-35-22-12-4-13-23-35)38(46-37)31-42-27-33-18-8-2-9-19-33/h1-25,37-41H,26-31H2. The summed E-state index contributed by atoms with van der Waals surface area (Å²) < 4.78 is 33.7. The van der Waals surface area contributed by atoms with Crippen LogP contribution in [0.2, 0.25) is 0 Å². The van der Waals surface area contributed by atoms with Gasteiger partial charge in [-0.25, -0.2) is 0 Å². The third-order valence-electron chi connectivity index (χ3n) is 8.26. The number of hydrogen-bond acceptors (Lipinski definition) is 5. The van der Waals surface area contributed by atoms with Crippen LogP contribution in [0.4, 0.5) is 0 Å². The summed E-state index contributed by atoms with van der Waals surface area (Å²) in [5.74, 6) is 0. The minimum atomic E-state index is -0.438. The van der Waals surface area contributed by atoms with Crippen LogP contribution in [0, 0.1) is 0 Å². The van der Waals surface area contributed by atoms with Gasteiger partial charge in [-0.3, -0.25) is 0 Å². The molecule has 5 nitrogen and oxygen atoms in total. The first kappa shape index (κ1) is 31.9. The summed E-state index contributed by atoms with van der Waals surface area (Å²) in [6.45, 7) is 2.13. The second-order valence-electron chi connectivity index (χ2n) is 11.7. The maximum absolute atomic E-state index is 6.96. The molecule has 5 unspecified atom stereocenters. The molecule has 46 heavy (non-hydrogen) atoms. The molecule has 0 aliphatic carbocycles. The van der Waals surface area contributed by atoms with Crippen molar-refractivity contribution in [2.45, 2.75) is 63.4 Å². The molecule has 0 radical (unpaired) electrons. The van der Waals surface area contributed by atoms with Gasteiger partial charge in [-0.15, -0.1) is 0 Å². The van der Waals surface area contributed by atoms with Gasteiger partial charge in [-0.05, 0) is 27.8 Å². The molecular formula is C41H42O5. The Morgan fingerprint density at radius 2 is 0.717 bits per heavy atom. The van der Waals surface area contributed by atoms with Crippen molar-refractivity contribution in [2.24, 2.45) is 0 Å². The molecule has 0 bridgehead atoms. The summed E-state index contributed by atoms with van der Waals surface area (Å²) >= 11 is 0. The molecule has 1 saturated heterocycles. The van der Waals surface area contributed by atoms with E-state index in [-0.39, 0.29) is 12.2 Å².